The minimum Gasteiger partial charge on any atom is -0.372 e. The fourth-order valence-corrected chi connectivity index (χ4v) is 1.96. The fourth-order valence-electron chi connectivity index (χ4n) is 1.96. The Kier molecular flexibility index (Phi) is 7.72. The van der Waals surface area contributed by atoms with Gasteiger partial charge in [0.05, 0.1) is 12.2 Å². The molecule has 5 heteroatoms. The van der Waals surface area contributed by atoms with Gasteiger partial charge in [0, 0.05) is 19.5 Å². The Hall–Kier alpha value is -0.320. The number of nitrogens with one attached hydrogen (secondary N) is 1. The van der Waals surface area contributed by atoms with Crippen LogP contribution in [0.15, 0.2) is 0 Å². The molecule has 2 atom stereocenters. The predicted octanol–water partition coefficient (Wildman–Crippen LogP) is 1.04. The lowest BCUT2D eigenvalue weighted by Crippen LogP contribution is -2.48. The van der Waals surface area contributed by atoms with Crippen LogP contribution in [-0.2, 0) is 9.53 Å². The van der Waals surface area contributed by atoms with Gasteiger partial charge in [-0.15, -0.1) is 12.4 Å². The number of morpholine rings is 1. The maximum absolute atomic E-state index is 11.8. The fraction of sp³-hybridized carbons (Fsp3) is 0.909. The first-order valence-corrected chi connectivity index (χ1v) is 5.71. The van der Waals surface area contributed by atoms with E-state index >= 15 is 0 Å². The van der Waals surface area contributed by atoms with Crippen LogP contribution in [0.4, 0.5) is 0 Å². The third kappa shape index (κ3) is 5.14. The molecule has 1 amide bonds. The van der Waals surface area contributed by atoms with E-state index in [1.807, 2.05) is 25.8 Å². The zero-order valence-electron chi connectivity index (χ0n) is 10.4. The zero-order chi connectivity index (χ0) is 11.3. The summed E-state index contributed by atoms with van der Waals surface area (Å²) in [6, 6.07) is 0. The van der Waals surface area contributed by atoms with Gasteiger partial charge in [-0.2, -0.15) is 0 Å². The molecular formula is C11H23ClN2O2. The van der Waals surface area contributed by atoms with Gasteiger partial charge in [-0.25, -0.2) is 0 Å². The van der Waals surface area contributed by atoms with Gasteiger partial charge in [-0.3, -0.25) is 4.79 Å². The molecule has 0 aromatic heterocycles. The third-order valence-electron chi connectivity index (χ3n) is 2.59. The Morgan fingerprint density at radius 1 is 1.38 bits per heavy atom. The number of carbonyl (C=O) groups excluding carboxylic acids is 1. The van der Waals surface area contributed by atoms with Crippen molar-refractivity contribution in [3.8, 4) is 0 Å². The number of ether oxygens (including phenoxy) is 1. The first kappa shape index (κ1) is 15.7. The van der Waals surface area contributed by atoms with Crippen LogP contribution in [0.2, 0.25) is 0 Å². The monoisotopic (exact) mass is 250 g/mol. The number of carbonyl (C=O) groups is 1. The Balaban J connectivity index is 0.00000225. The van der Waals surface area contributed by atoms with Gasteiger partial charge in [0.25, 0.3) is 0 Å². The number of nitrogens with zero attached hydrogens (tertiary/aromatic N) is 1. The quantitative estimate of drug-likeness (QED) is 0.759. The highest BCUT2D eigenvalue weighted by atomic mass is 35.5. The first-order valence-electron chi connectivity index (χ1n) is 5.71. The number of hydrogen-bond acceptors (Lipinski definition) is 3. The second-order valence-electron chi connectivity index (χ2n) is 4.26. The van der Waals surface area contributed by atoms with Crippen molar-refractivity contribution < 1.29 is 9.53 Å². The van der Waals surface area contributed by atoms with Crippen molar-refractivity contribution in [2.45, 2.75) is 38.9 Å². The maximum atomic E-state index is 11.8. The lowest BCUT2D eigenvalue weighted by molar-refractivity contribution is -0.143. The van der Waals surface area contributed by atoms with E-state index in [1.54, 1.807) is 0 Å². The molecule has 1 aliphatic rings. The average molecular weight is 251 g/mol. The summed E-state index contributed by atoms with van der Waals surface area (Å²) >= 11 is 0. The molecule has 0 radical (unpaired) electrons. The van der Waals surface area contributed by atoms with Crippen LogP contribution in [0.5, 0.6) is 0 Å². The molecule has 0 spiro atoms. The normalized spacial score (nSPS) is 25.1. The third-order valence-corrected chi connectivity index (χ3v) is 2.59. The van der Waals surface area contributed by atoms with Gasteiger partial charge >= 0.3 is 0 Å². The second-order valence-corrected chi connectivity index (χ2v) is 4.26. The highest BCUT2D eigenvalue weighted by Crippen LogP contribution is 2.12. The molecule has 1 rings (SSSR count). The molecule has 0 bridgehead atoms. The standard InChI is InChI=1S/C11H22N2O2.ClH/c1-9-7-13(8-10(2)15-9)11(14)5-4-6-12-3;/h9-10,12H,4-8H2,1-3H3;1H. The van der Waals surface area contributed by atoms with Crippen molar-refractivity contribution in [2.75, 3.05) is 26.7 Å². The predicted molar refractivity (Wildman–Crippen MR) is 67.0 cm³/mol. The molecule has 1 heterocycles. The summed E-state index contributed by atoms with van der Waals surface area (Å²) in [6.45, 7) is 6.42. The molecule has 96 valence electrons. The van der Waals surface area contributed by atoms with Crippen molar-refractivity contribution in [3.63, 3.8) is 0 Å². The Morgan fingerprint density at radius 3 is 2.44 bits per heavy atom. The summed E-state index contributed by atoms with van der Waals surface area (Å²) in [4.78, 5) is 13.7. The number of rotatable bonds is 4. The molecular weight excluding hydrogens is 228 g/mol. The van der Waals surface area contributed by atoms with Gasteiger partial charge < -0.3 is 15.0 Å². The molecule has 4 nitrogen and oxygen atoms in total. The van der Waals surface area contributed by atoms with Crippen molar-refractivity contribution >= 4 is 18.3 Å². The maximum Gasteiger partial charge on any atom is 0.222 e. The molecule has 0 aromatic rings. The van der Waals surface area contributed by atoms with Crippen LogP contribution in [0, 0.1) is 0 Å². The van der Waals surface area contributed by atoms with E-state index in [-0.39, 0.29) is 30.5 Å². The molecule has 0 saturated carbocycles. The molecule has 0 aliphatic carbocycles. The van der Waals surface area contributed by atoms with E-state index in [2.05, 4.69) is 5.32 Å². The highest BCUT2D eigenvalue weighted by Gasteiger charge is 2.25. The minimum atomic E-state index is 0. The van der Waals surface area contributed by atoms with E-state index in [4.69, 9.17) is 4.74 Å². The van der Waals surface area contributed by atoms with E-state index in [1.165, 1.54) is 0 Å². The van der Waals surface area contributed by atoms with E-state index in [0.717, 1.165) is 26.1 Å². The Morgan fingerprint density at radius 2 is 1.94 bits per heavy atom. The van der Waals surface area contributed by atoms with Crippen LogP contribution in [0.3, 0.4) is 0 Å². The van der Waals surface area contributed by atoms with E-state index < -0.39 is 0 Å². The van der Waals surface area contributed by atoms with Crippen LogP contribution < -0.4 is 5.32 Å². The second kappa shape index (κ2) is 7.87. The van der Waals surface area contributed by atoms with E-state index in [0.29, 0.717) is 6.42 Å². The Labute approximate surface area is 104 Å². The molecule has 16 heavy (non-hydrogen) atoms. The summed E-state index contributed by atoms with van der Waals surface area (Å²) < 4.78 is 5.59. The van der Waals surface area contributed by atoms with Crippen molar-refractivity contribution in [2.24, 2.45) is 0 Å². The topological polar surface area (TPSA) is 41.6 Å². The van der Waals surface area contributed by atoms with Gasteiger partial charge in [0.2, 0.25) is 5.91 Å². The van der Waals surface area contributed by atoms with Crippen LogP contribution in [0.25, 0.3) is 0 Å². The summed E-state index contributed by atoms with van der Waals surface area (Å²) in [6.07, 6.45) is 1.89. The largest absolute Gasteiger partial charge is 0.372 e. The number of halogens is 1. The van der Waals surface area contributed by atoms with Crippen molar-refractivity contribution in [1.82, 2.24) is 10.2 Å². The first-order chi connectivity index (χ1) is 7.13. The lowest BCUT2D eigenvalue weighted by Gasteiger charge is -2.35. The van der Waals surface area contributed by atoms with Gasteiger partial charge in [-0.05, 0) is 33.9 Å². The SMILES string of the molecule is CNCCCC(=O)N1CC(C)OC(C)C1.Cl. The Bertz CT molecular complexity index is 204. The lowest BCUT2D eigenvalue weighted by atomic mass is 10.2. The van der Waals surface area contributed by atoms with Crippen LogP contribution in [-0.4, -0.2) is 49.7 Å². The summed E-state index contributed by atoms with van der Waals surface area (Å²) in [5.41, 5.74) is 0. The average Bonchev–Trinajstić information content (AvgIpc) is 2.16. The summed E-state index contributed by atoms with van der Waals surface area (Å²) in [5, 5.41) is 3.05. The zero-order valence-corrected chi connectivity index (χ0v) is 11.2. The molecule has 0 aromatic carbocycles. The smallest absolute Gasteiger partial charge is 0.222 e. The molecule has 1 saturated heterocycles. The molecule has 2 unspecified atom stereocenters. The van der Waals surface area contributed by atoms with Gasteiger partial charge in [-0.1, -0.05) is 0 Å². The van der Waals surface area contributed by atoms with E-state index in [9.17, 15) is 4.79 Å². The molecule has 1 fully saturated rings. The van der Waals surface area contributed by atoms with Gasteiger partial charge in [0.15, 0.2) is 0 Å². The number of hydrogen-bond donors (Lipinski definition) is 1. The van der Waals surface area contributed by atoms with Crippen LogP contribution >= 0.6 is 12.4 Å². The highest BCUT2D eigenvalue weighted by molar-refractivity contribution is 5.85. The molecule has 1 aliphatic heterocycles. The number of amides is 1. The molecule has 1 N–H and O–H groups in total. The summed E-state index contributed by atoms with van der Waals surface area (Å²) in [7, 11) is 1.91. The van der Waals surface area contributed by atoms with Crippen molar-refractivity contribution in [3.05, 3.63) is 0 Å². The van der Waals surface area contributed by atoms with Crippen LogP contribution in [0.1, 0.15) is 26.7 Å². The van der Waals surface area contributed by atoms with Gasteiger partial charge in [0.1, 0.15) is 0 Å². The minimum absolute atomic E-state index is 0. The summed E-state index contributed by atoms with van der Waals surface area (Å²) in [5.74, 6) is 0.257. The van der Waals surface area contributed by atoms with Crippen molar-refractivity contribution in [1.29, 1.82) is 0 Å².